The van der Waals surface area contributed by atoms with Crippen LogP contribution in [0.5, 0.6) is 17.2 Å². The van der Waals surface area contributed by atoms with Gasteiger partial charge in [0.25, 0.3) is 5.56 Å². The minimum Gasteiger partial charge on any atom is -0.493 e. The lowest BCUT2D eigenvalue weighted by molar-refractivity contribution is -0.139. The van der Waals surface area contributed by atoms with Crippen molar-refractivity contribution in [2.75, 3.05) is 27.9 Å². The molecule has 0 amide bonds. The minimum atomic E-state index is -0.922. The van der Waals surface area contributed by atoms with Crippen LogP contribution in [0, 0.1) is 0 Å². The number of furan rings is 1. The quantitative estimate of drug-likeness (QED) is 0.205. The van der Waals surface area contributed by atoms with E-state index in [1.54, 1.807) is 76.2 Å². The third-order valence-corrected chi connectivity index (χ3v) is 8.45. The van der Waals surface area contributed by atoms with Crippen LogP contribution in [0.3, 0.4) is 0 Å². The van der Waals surface area contributed by atoms with E-state index in [1.807, 2.05) is 0 Å². The molecule has 5 rings (SSSR count). The average Bonchev–Trinajstić information content (AvgIpc) is 3.63. The lowest BCUT2D eigenvalue weighted by atomic mass is 9.95. The first-order valence-corrected chi connectivity index (χ1v) is 15.8. The van der Waals surface area contributed by atoms with Crippen LogP contribution in [0.15, 0.2) is 67.9 Å². The normalized spacial score (nSPS) is 14.5. The molecule has 0 unspecified atom stereocenters. The Kier molecular flexibility index (Phi) is 9.92. The average molecular weight is 681 g/mol. The Balaban J connectivity index is 1.66. The second-order valence-electron chi connectivity index (χ2n) is 10.6. The predicted molar refractivity (Wildman–Crippen MR) is 176 cm³/mol. The van der Waals surface area contributed by atoms with Crippen LogP contribution in [0.2, 0.25) is 5.02 Å². The van der Waals surface area contributed by atoms with Crippen molar-refractivity contribution in [1.29, 1.82) is 0 Å². The number of allylic oxidation sites excluding steroid dienone is 1. The molecule has 2 aromatic heterocycles. The summed E-state index contributed by atoms with van der Waals surface area (Å²) in [5, 5.41) is 0.409. The van der Waals surface area contributed by atoms with E-state index in [4.69, 9.17) is 39.7 Å². The molecule has 0 saturated heterocycles. The Labute approximate surface area is 279 Å². The van der Waals surface area contributed by atoms with Crippen LogP contribution < -0.4 is 29.1 Å². The van der Waals surface area contributed by atoms with Crippen molar-refractivity contribution in [3.05, 3.63) is 95.3 Å². The van der Waals surface area contributed by atoms with Crippen LogP contribution in [0.25, 0.3) is 17.4 Å². The molecule has 13 heteroatoms. The van der Waals surface area contributed by atoms with Crippen LogP contribution in [-0.2, 0) is 14.3 Å². The summed E-state index contributed by atoms with van der Waals surface area (Å²) in [6.45, 7) is 7.05. The summed E-state index contributed by atoms with van der Waals surface area (Å²) < 4.78 is 35.3. The van der Waals surface area contributed by atoms with Gasteiger partial charge in [-0.2, -0.15) is 0 Å². The second kappa shape index (κ2) is 13.9. The molecule has 0 saturated carbocycles. The van der Waals surface area contributed by atoms with Crippen LogP contribution in [-0.4, -0.2) is 50.5 Å². The first kappa shape index (κ1) is 33.6. The number of halogens is 1. The highest BCUT2D eigenvalue weighted by molar-refractivity contribution is 7.07. The van der Waals surface area contributed by atoms with E-state index in [1.165, 1.54) is 25.9 Å². The monoisotopic (exact) mass is 680 g/mol. The lowest BCUT2D eigenvalue weighted by Crippen LogP contribution is -2.40. The van der Waals surface area contributed by atoms with E-state index in [0.717, 1.165) is 11.3 Å². The van der Waals surface area contributed by atoms with E-state index in [-0.39, 0.29) is 23.8 Å². The molecule has 0 aliphatic carbocycles. The Morgan fingerprint density at radius 1 is 1.04 bits per heavy atom. The van der Waals surface area contributed by atoms with Crippen molar-refractivity contribution in [3.8, 4) is 28.6 Å². The molecule has 47 heavy (non-hydrogen) atoms. The number of ether oxygens (including phenoxy) is 5. The molecule has 3 heterocycles. The molecule has 0 fully saturated rings. The smallest absolute Gasteiger partial charge is 0.339 e. The van der Waals surface area contributed by atoms with E-state index >= 15 is 0 Å². The fraction of sp³-hybridized carbons (Fsp3) is 0.294. The van der Waals surface area contributed by atoms with Gasteiger partial charge in [-0.15, -0.1) is 0 Å². The van der Waals surface area contributed by atoms with Gasteiger partial charge in [-0.25, -0.2) is 14.6 Å². The zero-order valence-corrected chi connectivity index (χ0v) is 28.4. The second-order valence-corrected chi connectivity index (χ2v) is 12.1. The Morgan fingerprint density at radius 3 is 2.36 bits per heavy atom. The SMILES string of the molecule is CCOC(=O)C1=C(C)N=c2s/c(=C/c3ccc(-c4cc(Cl)ccc4C(=O)OC(C)C)o3)c(=O)n2[C@H]1c1cc(OC)c(OC)c(OC)c1. The largest absolute Gasteiger partial charge is 0.493 e. The van der Waals surface area contributed by atoms with Crippen LogP contribution >= 0.6 is 22.9 Å². The Morgan fingerprint density at radius 2 is 1.74 bits per heavy atom. The number of rotatable bonds is 10. The number of carbonyl (C=O) groups is 2. The summed E-state index contributed by atoms with van der Waals surface area (Å²) in [6, 6.07) is 10.6. The highest BCUT2D eigenvalue weighted by Crippen LogP contribution is 2.42. The number of carbonyl (C=O) groups excluding carboxylic acids is 2. The van der Waals surface area contributed by atoms with E-state index < -0.39 is 23.5 Å². The molecule has 246 valence electrons. The third kappa shape index (κ3) is 6.56. The first-order chi connectivity index (χ1) is 22.5. The topological polar surface area (TPSA) is 128 Å². The summed E-state index contributed by atoms with van der Waals surface area (Å²) in [4.78, 5) is 45.3. The third-order valence-electron chi connectivity index (χ3n) is 7.23. The maximum atomic E-state index is 14.1. The van der Waals surface area contributed by atoms with Gasteiger partial charge in [0.05, 0.1) is 61.4 Å². The summed E-state index contributed by atoms with van der Waals surface area (Å²) >= 11 is 7.40. The Bertz CT molecular complexity index is 2050. The number of benzene rings is 2. The number of aromatic nitrogens is 1. The first-order valence-electron chi connectivity index (χ1n) is 14.6. The number of hydrogen-bond donors (Lipinski definition) is 0. The van der Waals surface area contributed by atoms with Crippen molar-refractivity contribution in [3.63, 3.8) is 0 Å². The van der Waals surface area contributed by atoms with Gasteiger partial charge in [-0.1, -0.05) is 22.9 Å². The minimum absolute atomic E-state index is 0.131. The molecular weight excluding hydrogens is 648 g/mol. The van der Waals surface area contributed by atoms with Crippen molar-refractivity contribution in [2.45, 2.75) is 39.8 Å². The summed E-state index contributed by atoms with van der Waals surface area (Å²) in [5.74, 6) is 0.643. The van der Waals surface area contributed by atoms with Crippen molar-refractivity contribution in [2.24, 2.45) is 4.99 Å². The molecule has 11 nitrogen and oxygen atoms in total. The molecule has 0 bridgehead atoms. The fourth-order valence-electron chi connectivity index (χ4n) is 5.25. The number of nitrogens with zero attached hydrogens (tertiary/aromatic N) is 2. The maximum absolute atomic E-state index is 14.1. The van der Waals surface area contributed by atoms with E-state index in [0.29, 0.717) is 59.9 Å². The van der Waals surface area contributed by atoms with Crippen molar-refractivity contribution >= 4 is 41.0 Å². The van der Waals surface area contributed by atoms with Gasteiger partial charge in [0.1, 0.15) is 11.5 Å². The molecule has 1 aliphatic heterocycles. The molecule has 0 spiro atoms. The summed E-state index contributed by atoms with van der Waals surface area (Å²) in [5.41, 5.74) is 1.44. The molecule has 0 N–H and O–H groups in total. The van der Waals surface area contributed by atoms with E-state index in [2.05, 4.69) is 4.99 Å². The zero-order chi connectivity index (χ0) is 34.0. The lowest BCUT2D eigenvalue weighted by Gasteiger charge is -2.26. The van der Waals surface area contributed by atoms with Gasteiger partial charge >= 0.3 is 11.9 Å². The number of methoxy groups -OCH3 is 3. The molecule has 0 radical (unpaired) electrons. The summed E-state index contributed by atoms with van der Waals surface area (Å²) in [6.07, 6.45) is 1.26. The zero-order valence-electron chi connectivity index (χ0n) is 26.8. The van der Waals surface area contributed by atoms with Crippen LogP contribution in [0.4, 0.5) is 0 Å². The Hall–Kier alpha value is -4.81. The maximum Gasteiger partial charge on any atom is 0.339 e. The number of thiazole rings is 1. The van der Waals surface area contributed by atoms with Gasteiger partial charge in [0, 0.05) is 16.7 Å². The molecule has 2 aromatic carbocycles. The van der Waals surface area contributed by atoms with Crippen molar-refractivity contribution < 1.29 is 37.7 Å². The molecule has 1 aliphatic rings. The van der Waals surface area contributed by atoms with Crippen molar-refractivity contribution in [1.82, 2.24) is 4.57 Å². The van der Waals surface area contributed by atoms with E-state index in [9.17, 15) is 14.4 Å². The van der Waals surface area contributed by atoms with Gasteiger partial charge in [0.15, 0.2) is 16.3 Å². The molecular formula is C34H33ClN2O9S. The molecule has 1 atom stereocenters. The predicted octanol–water partition coefficient (Wildman–Crippen LogP) is 5.30. The van der Waals surface area contributed by atoms with Gasteiger partial charge < -0.3 is 28.1 Å². The number of fused-ring (bicyclic) bond motifs is 1. The number of hydrogen-bond acceptors (Lipinski definition) is 11. The highest BCUT2D eigenvalue weighted by atomic mass is 35.5. The van der Waals surface area contributed by atoms with Gasteiger partial charge in [-0.05, 0) is 75.7 Å². The fourth-order valence-corrected chi connectivity index (χ4v) is 6.45. The van der Waals surface area contributed by atoms with Gasteiger partial charge in [-0.3, -0.25) is 9.36 Å². The molecule has 4 aromatic rings. The highest BCUT2D eigenvalue weighted by Gasteiger charge is 2.35. The van der Waals surface area contributed by atoms with Crippen LogP contribution in [0.1, 0.15) is 55.4 Å². The number of esters is 2. The van der Waals surface area contributed by atoms with Gasteiger partial charge in [0.2, 0.25) is 5.75 Å². The standard InChI is InChI=1S/C34H33ClN2O9S/c1-8-44-33(40)28-18(4)36-34-37(29(28)19-13-25(41-5)30(43-7)26(14-19)42-6)31(38)27(47-34)16-21-10-12-24(46-21)23-15-20(35)9-11-22(23)32(39)45-17(2)3/h9-17,29H,8H2,1-7H3/b27-16+/t29-/m0/s1. The summed E-state index contributed by atoms with van der Waals surface area (Å²) in [7, 11) is 4.45.